The number of hydrogen-bond donors (Lipinski definition) is 4. The van der Waals surface area contributed by atoms with E-state index in [1.54, 1.807) is 11.8 Å². The Labute approximate surface area is 230 Å². The number of hydrogen-bond acceptors (Lipinski definition) is 8. The lowest BCUT2D eigenvalue weighted by atomic mass is 9.94. The summed E-state index contributed by atoms with van der Waals surface area (Å²) in [7, 11) is 0. The molecule has 1 amide bonds. The second kappa shape index (κ2) is 14.3. The number of nitrogens with zero attached hydrogens (tertiary/aromatic N) is 4. The number of unbranched alkanes of at least 4 members (excludes halogenated alkanes) is 1. The van der Waals surface area contributed by atoms with Crippen LogP contribution in [0.15, 0.2) is 48.5 Å². The van der Waals surface area contributed by atoms with Crippen LogP contribution in [0.3, 0.4) is 0 Å². The van der Waals surface area contributed by atoms with Crippen LogP contribution in [0.5, 0.6) is 0 Å². The van der Waals surface area contributed by atoms with Crippen LogP contribution in [0.4, 0.5) is 0 Å². The number of nitrogens with one attached hydrogen (secondary N) is 1. The van der Waals surface area contributed by atoms with Gasteiger partial charge in [-0.1, -0.05) is 82.6 Å². The summed E-state index contributed by atoms with van der Waals surface area (Å²) in [5, 5.41) is 44.7. The Morgan fingerprint density at radius 3 is 2.31 bits per heavy atom. The van der Waals surface area contributed by atoms with Crippen molar-refractivity contribution >= 4 is 5.91 Å². The Kier molecular flexibility index (Phi) is 11.1. The van der Waals surface area contributed by atoms with Crippen molar-refractivity contribution < 1.29 is 24.9 Å². The Morgan fingerprint density at radius 2 is 1.74 bits per heavy atom. The highest BCUT2D eigenvalue weighted by molar-refractivity contribution is 5.80. The van der Waals surface area contributed by atoms with Crippen LogP contribution in [0, 0.1) is 11.3 Å². The van der Waals surface area contributed by atoms with Crippen molar-refractivity contribution in [2.24, 2.45) is 11.3 Å². The molecule has 39 heavy (non-hydrogen) atoms. The monoisotopic (exact) mass is 539 g/mol. The number of amides is 1. The van der Waals surface area contributed by atoms with Gasteiger partial charge in [0.2, 0.25) is 11.7 Å². The second-order valence-electron chi connectivity index (χ2n) is 10.7. The van der Waals surface area contributed by atoms with Gasteiger partial charge >= 0.3 is 0 Å². The maximum atomic E-state index is 13.4. The molecule has 0 radical (unpaired) electrons. The molecule has 2 atom stereocenters. The molecule has 1 aromatic heterocycles. The molecule has 0 spiro atoms. The fourth-order valence-corrected chi connectivity index (χ4v) is 4.39. The minimum atomic E-state index is -1.28. The number of aliphatic hydroxyl groups is 3. The van der Waals surface area contributed by atoms with Crippen LogP contribution in [0.2, 0.25) is 0 Å². The number of aromatic nitrogens is 4. The summed E-state index contributed by atoms with van der Waals surface area (Å²) >= 11 is 0. The molecule has 3 aromatic rings. The van der Waals surface area contributed by atoms with E-state index in [0.29, 0.717) is 18.8 Å². The first-order valence-corrected chi connectivity index (χ1v) is 13.5. The zero-order valence-electron chi connectivity index (χ0n) is 23.2. The van der Waals surface area contributed by atoms with Crippen LogP contribution < -0.4 is 0 Å². The molecule has 4 N–H and O–H groups in total. The van der Waals surface area contributed by atoms with Crippen LogP contribution in [-0.4, -0.2) is 78.9 Å². The third-order valence-electron chi connectivity index (χ3n) is 6.90. The van der Waals surface area contributed by atoms with Gasteiger partial charge in [-0.25, -0.2) is 0 Å². The summed E-state index contributed by atoms with van der Waals surface area (Å²) in [5.74, 6) is 0.340. The SMILES string of the molecule is CCCCC(=O)N(Cc1ccc(-c2ccccc2-c2nn[nH]n2)cc1)[C@H](C(C)C)C(O)OCC(C)(CO)CO. The summed E-state index contributed by atoms with van der Waals surface area (Å²) in [5.41, 5.74) is 2.80. The largest absolute Gasteiger partial charge is 0.396 e. The van der Waals surface area contributed by atoms with Gasteiger partial charge in [0.05, 0.1) is 25.9 Å². The molecule has 3 rings (SSSR count). The highest BCUT2D eigenvalue weighted by atomic mass is 16.6. The number of aromatic amines is 1. The smallest absolute Gasteiger partial charge is 0.223 e. The van der Waals surface area contributed by atoms with Gasteiger partial charge in [0.25, 0.3) is 0 Å². The first kappa shape index (κ1) is 30.4. The van der Waals surface area contributed by atoms with Crippen molar-refractivity contribution in [3.8, 4) is 22.5 Å². The highest BCUT2D eigenvalue weighted by Crippen LogP contribution is 2.30. The van der Waals surface area contributed by atoms with Crippen LogP contribution >= 0.6 is 0 Å². The van der Waals surface area contributed by atoms with Crippen molar-refractivity contribution in [3.63, 3.8) is 0 Å². The number of benzene rings is 2. The Bertz CT molecular complexity index is 1150. The molecule has 0 saturated heterocycles. The molecule has 0 bridgehead atoms. The second-order valence-corrected chi connectivity index (χ2v) is 10.7. The van der Waals surface area contributed by atoms with Gasteiger partial charge in [0.1, 0.15) is 0 Å². The van der Waals surface area contributed by atoms with E-state index in [9.17, 15) is 20.1 Å². The van der Waals surface area contributed by atoms with E-state index in [4.69, 9.17) is 4.74 Å². The molecule has 10 nitrogen and oxygen atoms in total. The van der Waals surface area contributed by atoms with E-state index in [1.807, 2.05) is 69.3 Å². The van der Waals surface area contributed by atoms with Crippen molar-refractivity contribution in [2.45, 2.75) is 65.8 Å². The van der Waals surface area contributed by atoms with Crippen molar-refractivity contribution in [3.05, 3.63) is 54.1 Å². The van der Waals surface area contributed by atoms with Crippen molar-refractivity contribution in [2.75, 3.05) is 19.8 Å². The van der Waals surface area contributed by atoms with E-state index >= 15 is 0 Å². The minimum absolute atomic E-state index is 0.0458. The number of carbonyl (C=O) groups is 1. The van der Waals surface area contributed by atoms with Crippen LogP contribution in [0.1, 0.15) is 52.5 Å². The van der Waals surface area contributed by atoms with E-state index in [1.165, 1.54) is 0 Å². The topological polar surface area (TPSA) is 145 Å². The number of H-pyrrole nitrogens is 1. The third-order valence-corrected chi connectivity index (χ3v) is 6.90. The zero-order chi connectivity index (χ0) is 28.4. The molecular weight excluding hydrogens is 498 g/mol. The summed E-state index contributed by atoms with van der Waals surface area (Å²) in [6.07, 6.45) is 0.711. The fourth-order valence-electron chi connectivity index (χ4n) is 4.39. The molecule has 0 fully saturated rings. The zero-order valence-corrected chi connectivity index (χ0v) is 23.2. The van der Waals surface area contributed by atoms with E-state index in [-0.39, 0.29) is 31.6 Å². The first-order chi connectivity index (χ1) is 18.7. The number of carbonyl (C=O) groups excluding carboxylic acids is 1. The van der Waals surface area contributed by atoms with Crippen molar-refractivity contribution in [1.82, 2.24) is 25.5 Å². The number of ether oxygens (including phenoxy) is 1. The van der Waals surface area contributed by atoms with Crippen LogP contribution in [-0.2, 0) is 16.1 Å². The van der Waals surface area contributed by atoms with E-state index in [2.05, 4.69) is 20.6 Å². The molecule has 1 heterocycles. The average Bonchev–Trinajstić information content (AvgIpc) is 3.49. The molecule has 212 valence electrons. The maximum absolute atomic E-state index is 13.4. The van der Waals surface area contributed by atoms with Gasteiger partial charge in [0.15, 0.2) is 6.29 Å². The predicted molar refractivity (Wildman–Crippen MR) is 148 cm³/mol. The summed E-state index contributed by atoms with van der Waals surface area (Å²) in [4.78, 5) is 15.1. The van der Waals surface area contributed by atoms with Gasteiger partial charge in [-0.2, -0.15) is 5.21 Å². The molecule has 0 aliphatic heterocycles. The minimum Gasteiger partial charge on any atom is -0.396 e. The average molecular weight is 540 g/mol. The lowest BCUT2D eigenvalue weighted by Gasteiger charge is -2.38. The molecular formula is C29H41N5O5. The number of aliphatic hydroxyl groups excluding tert-OH is 3. The lowest BCUT2D eigenvalue weighted by Crippen LogP contribution is -2.51. The number of rotatable bonds is 15. The summed E-state index contributed by atoms with van der Waals surface area (Å²) < 4.78 is 5.73. The van der Waals surface area contributed by atoms with Crippen molar-refractivity contribution in [1.29, 1.82) is 0 Å². The molecule has 0 aliphatic carbocycles. The van der Waals surface area contributed by atoms with Gasteiger partial charge in [-0.15, -0.1) is 10.2 Å². The van der Waals surface area contributed by atoms with Crippen LogP contribution in [0.25, 0.3) is 22.5 Å². The third kappa shape index (κ3) is 7.92. The van der Waals surface area contributed by atoms with Gasteiger partial charge in [-0.05, 0) is 34.2 Å². The lowest BCUT2D eigenvalue weighted by molar-refractivity contribution is -0.185. The summed E-state index contributed by atoms with van der Waals surface area (Å²) in [6.45, 7) is 7.26. The van der Waals surface area contributed by atoms with Gasteiger partial charge in [0, 0.05) is 23.9 Å². The Hall–Kier alpha value is -3.18. The van der Waals surface area contributed by atoms with Gasteiger partial charge in [-0.3, -0.25) is 4.79 Å². The molecule has 1 unspecified atom stereocenters. The fraction of sp³-hybridized carbons (Fsp3) is 0.517. The predicted octanol–water partition coefficient (Wildman–Crippen LogP) is 3.40. The standard InChI is InChI=1S/C29H41N5O5/c1-5-6-11-25(37)34(26(20(2)3)28(38)39-19-29(4,17-35)18-36)16-21-12-14-22(15-13-21)23-9-7-8-10-24(23)27-30-32-33-31-27/h7-10,12-15,20,26,28,35-36,38H,5-6,11,16-19H2,1-4H3,(H,30,31,32,33)/t26-,28?/m1/s1. The molecule has 0 saturated carbocycles. The normalized spacial score (nSPS) is 13.4. The van der Waals surface area contributed by atoms with Gasteiger partial charge < -0.3 is 25.0 Å². The van der Waals surface area contributed by atoms with E-state index in [0.717, 1.165) is 35.1 Å². The molecule has 10 heteroatoms. The highest BCUT2D eigenvalue weighted by Gasteiger charge is 2.34. The first-order valence-electron chi connectivity index (χ1n) is 13.5. The Balaban J connectivity index is 1.85. The molecule has 2 aromatic carbocycles. The Morgan fingerprint density at radius 1 is 1.08 bits per heavy atom. The maximum Gasteiger partial charge on any atom is 0.223 e. The number of tetrazole rings is 1. The van der Waals surface area contributed by atoms with E-state index < -0.39 is 17.7 Å². The summed E-state index contributed by atoms with van der Waals surface area (Å²) in [6, 6.07) is 15.1. The molecule has 0 aliphatic rings. The quantitative estimate of drug-likeness (QED) is 0.215.